The highest BCUT2D eigenvalue weighted by Crippen LogP contribution is 2.21. The van der Waals surface area contributed by atoms with Crippen LogP contribution in [0.3, 0.4) is 0 Å². The third-order valence-corrected chi connectivity index (χ3v) is 5.27. The molecule has 0 saturated carbocycles. The fraction of sp³-hybridized carbons (Fsp3) is 0.200. The minimum absolute atomic E-state index is 0.0938. The Morgan fingerprint density at radius 3 is 2.63 bits per heavy atom. The lowest BCUT2D eigenvalue weighted by Gasteiger charge is -2.13. The summed E-state index contributed by atoms with van der Waals surface area (Å²) in [5.41, 5.74) is 5.95. The molecule has 4 rings (SSSR count). The maximum atomic E-state index is 12.9. The number of benzene rings is 3. The van der Waals surface area contributed by atoms with Gasteiger partial charge in [-0.2, -0.15) is 0 Å². The molecule has 1 N–H and O–H groups in total. The molecule has 3 aromatic carbocycles. The van der Waals surface area contributed by atoms with E-state index in [9.17, 15) is 4.79 Å². The third kappa shape index (κ3) is 4.20. The molecule has 1 heterocycles. The molecule has 5 heteroatoms. The van der Waals surface area contributed by atoms with Gasteiger partial charge in [-0.15, -0.1) is 0 Å². The summed E-state index contributed by atoms with van der Waals surface area (Å²) in [5, 5.41) is 3.03. The van der Waals surface area contributed by atoms with E-state index in [0.29, 0.717) is 5.82 Å². The number of aryl methyl sites for hydroxylation is 2. The number of carbonyl (C=O) groups is 1. The first-order valence-corrected chi connectivity index (χ1v) is 10.0. The van der Waals surface area contributed by atoms with E-state index in [1.165, 1.54) is 0 Å². The van der Waals surface area contributed by atoms with Crippen LogP contribution in [-0.4, -0.2) is 15.5 Å². The topological polar surface area (TPSA) is 56.2 Å². The van der Waals surface area contributed by atoms with Gasteiger partial charge in [-0.25, -0.2) is 4.98 Å². The molecule has 0 aliphatic carbocycles. The summed E-state index contributed by atoms with van der Waals surface area (Å²) in [7, 11) is 0. The van der Waals surface area contributed by atoms with Gasteiger partial charge >= 0.3 is 0 Å². The van der Waals surface area contributed by atoms with Crippen LogP contribution in [0.5, 0.6) is 5.75 Å². The van der Waals surface area contributed by atoms with Gasteiger partial charge in [-0.3, -0.25) is 4.79 Å². The summed E-state index contributed by atoms with van der Waals surface area (Å²) in [6.07, 6.45) is 0. The zero-order valence-electron chi connectivity index (χ0n) is 17.5. The molecular formula is C25H25N3O2. The lowest BCUT2D eigenvalue weighted by Crippen LogP contribution is -2.21. The van der Waals surface area contributed by atoms with Crippen LogP contribution in [-0.2, 0) is 17.9 Å². The largest absolute Gasteiger partial charge is 0.486 e. The van der Waals surface area contributed by atoms with Gasteiger partial charge in [-0.1, -0.05) is 36.4 Å². The molecule has 5 nitrogen and oxygen atoms in total. The molecule has 0 unspecified atom stereocenters. The summed E-state index contributed by atoms with van der Waals surface area (Å²) >= 11 is 0. The van der Waals surface area contributed by atoms with Crippen LogP contribution in [0, 0.1) is 20.8 Å². The fourth-order valence-electron chi connectivity index (χ4n) is 3.48. The molecule has 0 spiro atoms. The molecule has 0 atom stereocenters. The number of hydrogen-bond acceptors (Lipinski definition) is 3. The highest BCUT2D eigenvalue weighted by Gasteiger charge is 2.15. The van der Waals surface area contributed by atoms with Crippen LogP contribution >= 0.6 is 0 Å². The molecular weight excluding hydrogens is 374 g/mol. The normalized spacial score (nSPS) is 10.9. The average molecular weight is 399 g/mol. The van der Waals surface area contributed by atoms with E-state index >= 15 is 0 Å². The zero-order chi connectivity index (χ0) is 21.1. The fourth-order valence-corrected chi connectivity index (χ4v) is 3.48. The number of hydrogen-bond donors (Lipinski definition) is 1. The van der Waals surface area contributed by atoms with Crippen molar-refractivity contribution in [1.82, 2.24) is 9.55 Å². The number of para-hydroxylation sites is 2. The maximum Gasteiger partial charge on any atom is 0.244 e. The van der Waals surface area contributed by atoms with E-state index in [2.05, 4.69) is 5.32 Å². The Morgan fingerprint density at radius 2 is 1.80 bits per heavy atom. The monoisotopic (exact) mass is 399 g/mol. The molecule has 30 heavy (non-hydrogen) atoms. The highest BCUT2D eigenvalue weighted by molar-refractivity contribution is 5.92. The van der Waals surface area contributed by atoms with Crippen molar-refractivity contribution in [1.29, 1.82) is 0 Å². The molecule has 1 amide bonds. The van der Waals surface area contributed by atoms with Gasteiger partial charge in [0.25, 0.3) is 0 Å². The summed E-state index contributed by atoms with van der Waals surface area (Å²) in [4.78, 5) is 17.6. The van der Waals surface area contributed by atoms with E-state index in [-0.39, 0.29) is 19.1 Å². The summed E-state index contributed by atoms with van der Waals surface area (Å²) in [6.45, 7) is 6.53. The number of rotatable bonds is 6. The van der Waals surface area contributed by atoms with Gasteiger partial charge in [0.05, 0.1) is 11.0 Å². The summed E-state index contributed by atoms with van der Waals surface area (Å²) in [6, 6.07) is 21.6. The van der Waals surface area contributed by atoms with Gasteiger partial charge in [0.15, 0.2) is 0 Å². The van der Waals surface area contributed by atoms with Crippen LogP contribution < -0.4 is 10.1 Å². The van der Waals surface area contributed by atoms with Crippen molar-refractivity contribution < 1.29 is 9.53 Å². The Kier molecular flexibility index (Phi) is 5.53. The Hall–Kier alpha value is -3.60. The number of carbonyl (C=O) groups excluding carboxylic acids is 1. The van der Waals surface area contributed by atoms with E-state index in [1.54, 1.807) is 0 Å². The molecule has 4 aromatic rings. The molecule has 152 valence electrons. The second-order valence-corrected chi connectivity index (χ2v) is 7.50. The number of amides is 1. The first-order valence-electron chi connectivity index (χ1n) is 10.0. The standard InChI is InChI=1S/C25H25N3O2/c1-17-8-6-10-20(14-17)30-16-24-26-22-11-4-5-13-23(22)28(24)15-25(29)27-21-12-7-9-18(2)19(21)3/h4-14H,15-16H2,1-3H3,(H,27,29). The minimum atomic E-state index is -0.0938. The van der Waals surface area contributed by atoms with Crippen LogP contribution in [0.2, 0.25) is 0 Å². The number of anilines is 1. The molecule has 0 bridgehead atoms. The van der Waals surface area contributed by atoms with Gasteiger partial charge in [0.2, 0.25) is 5.91 Å². The van der Waals surface area contributed by atoms with Crippen molar-refractivity contribution in [2.24, 2.45) is 0 Å². The van der Waals surface area contributed by atoms with Gasteiger partial charge in [-0.05, 0) is 67.8 Å². The quantitative estimate of drug-likeness (QED) is 0.486. The molecule has 0 fully saturated rings. The van der Waals surface area contributed by atoms with Crippen LogP contribution in [0.25, 0.3) is 11.0 Å². The molecule has 0 saturated heterocycles. The lowest BCUT2D eigenvalue weighted by molar-refractivity contribution is -0.116. The number of nitrogens with one attached hydrogen (secondary N) is 1. The average Bonchev–Trinajstić information content (AvgIpc) is 3.07. The number of ether oxygens (including phenoxy) is 1. The SMILES string of the molecule is Cc1cccc(OCc2nc3ccccc3n2CC(=O)Nc2cccc(C)c2C)c1. The van der Waals surface area contributed by atoms with Crippen LogP contribution in [0.1, 0.15) is 22.5 Å². The molecule has 0 aliphatic rings. The van der Waals surface area contributed by atoms with E-state index in [1.807, 2.05) is 92.1 Å². The number of imidazole rings is 1. The second kappa shape index (κ2) is 8.41. The van der Waals surface area contributed by atoms with Gasteiger partial charge in [0.1, 0.15) is 24.7 Å². The molecule has 1 aromatic heterocycles. The number of aromatic nitrogens is 2. The summed E-state index contributed by atoms with van der Waals surface area (Å²) < 4.78 is 7.88. The van der Waals surface area contributed by atoms with Crippen molar-refractivity contribution in [2.75, 3.05) is 5.32 Å². The van der Waals surface area contributed by atoms with Crippen molar-refractivity contribution in [2.45, 2.75) is 33.9 Å². The van der Waals surface area contributed by atoms with E-state index < -0.39 is 0 Å². The van der Waals surface area contributed by atoms with Crippen molar-refractivity contribution in [3.63, 3.8) is 0 Å². The minimum Gasteiger partial charge on any atom is -0.486 e. The predicted octanol–water partition coefficient (Wildman–Crippen LogP) is 5.18. The lowest BCUT2D eigenvalue weighted by atomic mass is 10.1. The Bertz CT molecular complexity index is 1210. The van der Waals surface area contributed by atoms with E-state index in [4.69, 9.17) is 9.72 Å². The first kappa shape index (κ1) is 19.7. The number of nitrogens with zero attached hydrogens (tertiary/aromatic N) is 2. The first-order chi connectivity index (χ1) is 14.5. The van der Waals surface area contributed by atoms with Gasteiger partial charge < -0.3 is 14.6 Å². The van der Waals surface area contributed by atoms with Crippen molar-refractivity contribution >= 4 is 22.6 Å². The van der Waals surface area contributed by atoms with Crippen LogP contribution in [0.15, 0.2) is 66.7 Å². The van der Waals surface area contributed by atoms with Crippen LogP contribution in [0.4, 0.5) is 5.69 Å². The molecule has 0 aliphatic heterocycles. The zero-order valence-corrected chi connectivity index (χ0v) is 17.5. The summed E-state index contributed by atoms with van der Waals surface area (Å²) in [5.74, 6) is 1.41. The van der Waals surface area contributed by atoms with Crippen molar-refractivity contribution in [3.8, 4) is 5.75 Å². The predicted molar refractivity (Wildman–Crippen MR) is 120 cm³/mol. The highest BCUT2D eigenvalue weighted by atomic mass is 16.5. The maximum absolute atomic E-state index is 12.9. The Balaban J connectivity index is 1.58. The number of fused-ring (bicyclic) bond motifs is 1. The second-order valence-electron chi connectivity index (χ2n) is 7.50. The Labute approximate surface area is 176 Å². The van der Waals surface area contributed by atoms with Gasteiger partial charge in [0, 0.05) is 5.69 Å². The molecule has 0 radical (unpaired) electrons. The van der Waals surface area contributed by atoms with Crippen molar-refractivity contribution in [3.05, 3.63) is 89.2 Å². The third-order valence-electron chi connectivity index (χ3n) is 5.27. The Morgan fingerprint density at radius 1 is 1.00 bits per heavy atom. The van der Waals surface area contributed by atoms with E-state index in [0.717, 1.165) is 39.2 Å². The smallest absolute Gasteiger partial charge is 0.244 e.